The number of nitrogens with one attached hydrogen (secondary N) is 1. The third-order valence-corrected chi connectivity index (χ3v) is 5.22. The van der Waals surface area contributed by atoms with Gasteiger partial charge in [0.1, 0.15) is 12.3 Å². The molecule has 9 heteroatoms. The Morgan fingerprint density at radius 2 is 2.03 bits per heavy atom. The molecule has 4 rings (SSSR count). The van der Waals surface area contributed by atoms with Gasteiger partial charge in [-0.15, -0.1) is 0 Å². The highest BCUT2D eigenvalue weighted by Gasteiger charge is 2.33. The van der Waals surface area contributed by atoms with Gasteiger partial charge in [-0.2, -0.15) is 0 Å². The molecule has 1 saturated carbocycles. The number of carbonyl (C=O) groups is 1. The maximum absolute atomic E-state index is 12.7. The number of benzene rings is 2. The van der Waals surface area contributed by atoms with Crippen molar-refractivity contribution in [3.63, 3.8) is 0 Å². The molecule has 0 saturated heterocycles. The number of carbonyl (C=O) groups excluding carboxylic acids is 1. The molecule has 1 aliphatic rings. The topological polar surface area (TPSA) is 116 Å². The predicted molar refractivity (Wildman–Crippen MR) is 109 cm³/mol. The molecule has 154 valence electrons. The van der Waals surface area contributed by atoms with E-state index in [-0.39, 0.29) is 29.6 Å². The minimum Gasteiger partial charge on any atom is -0.497 e. The van der Waals surface area contributed by atoms with Gasteiger partial charge in [0.05, 0.1) is 35.3 Å². The summed E-state index contributed by atoms with van der Waals surface area (Å²) in [6.45, 7) is -0.218. The number of hydrogen-bond donors (Lipinski definition) is 1. The summed E-state index contributed by atoms with van der Waals surface area (Å²) in [4.78, 5) is 40.0. The number of ether oxygens (including phenoxy) is 1. The van der Waals surface area contributed by atoms with Gasteiger partial charge >= 0.3 is 0 Å². The molecule has 1 aromatic heterocycles. The number of hydrogen-bond acceptors (Lipinski definition) is 6. The fourth-order valence-corrected chi connectivity index (χ4v) is 3.46. The molecule has 0 bridgehead atoms. The molecule has 0 aliphatic heterocycles. The normalized spacial score (nSPS) is 14.3. The highest BCUT2D eigenvalue weighted by Crippen LogP contribution is 2.41. The summed E-state index contributed by atoms with van der Waals surface area (Å²) in [5, 5.41) is 14.1. The quantitative estimate of drug-likeness (QED) is 0.474. The van der Waals surface area contributed by atoms with Crippen molar-refractivity contribution >= 4 is 22.5 Å². The Hall–Kier alpha value is -3.75. The van der Waals surface area contributed by atoms with Gasteiger partial charge in [-0.1, -0.05) is 12.1 Å². The van der Waals surface area contributed by atoms with Gasteiger partial charge in [0.15, 0.2) is 0 Å². The molecule has 1 atom stereocenters. The largest absolute Gasteiger partial charge is 0.497 e. The standard InChI is InChI=1S/C21H20N4O5/c1-30-16-7-4-14(5-8-16)20(13-2-3-13)23-19(26)11-24-12-22-18-9-6-15(25(28)29)10-17(18)21(24)27/h4-10,12-13,20H,2-3,11H2,1H3,(H,23,26). The minimum absolute atomic E-state index is 0.105. The Kier molecular flexibility index (Phi) is 5.18. The SMILES string of the molecule is COc1ccc(C(NC(=O)Cn2cnc3ccc([N+](=O)[O-])cc3c2=O)C2CC2)cc1. The third kappa shape index (κ3) is 4.00. The Bertz CT molecular complexity index is 1170. The smallest absolute Gasteiger partial charge is 0.270 e. The van der Waals surface area contributed by atoms with Crippen LogP contribution in [0.3, 0.4) is 0 Å². The number of nitro benzene ring substituents is 1. The van der Waals surface area contributed by atoms with E-state index in [9.17, 15) is 19.7 Å². The van der Waals surface area contributed by atoms with E-state index in [1.54, 1.807) is 7.11 Å². The summed E-state index contributed by atoms with van der Waals surface area (Å²) in [5.41, 5.74) is 0.630. The zero-order valence-corrected chi connectivity index (χ0v) is 16.3. The van der Waals surface area contributed by atoms with Gasteiger partial charge in [-0.05, 0) is 42.5 Å². The lowest BCUT2D eigenvalue weighted by molar-refractivity contribution is -0.384. The molecule has 30 heavy (non-hydrogen) atoms. The minimum atomic E-state index is -0.571. The highest BCUT2D eigenvalue weighted by atomic mass is 16.6. The van der Waals surface area contributed by atoms with E-state index < -0.39 is 10.5 Å². The van der Waals surface area contributed by atoms with E-state index in [4.69, 9.17) is 4.74 Å². The first-order chi connectivity index (χ1) is 14.5. The molecule has 1 unspecified atom stereocenters. The summed E-state index contributed by atoms with van der Waals surface area (Å²) in [6, 6.07) is 11.3. The fraction of sp³-hybridized carbons (Fsp3) is 0.286. The number of methoxy groups -OCH3 is 1. The lowest BCUT2D eigenvalue weighted by atomic mass is 10.0. The summed E-state index contributed by atoms with van der Waals surface area (Å²) >= 11 is 0. The second-order valence-corrected chi connectivity index (χ2v) is 7.29. The zero-order valence-electron chi connectivity index (χ0n) is 16.3. The van der Waals surface area contributed by atoms with E-state index in [0.29, 0.717) is 11.4 Å². The Balaban J connectivity index is 1.55. The van der Waals surface area contributed by atoms with Crippen LogP contribution in [0.2, 0.25) is 0 Å². The van der Waals surface area contributed by atoms with Crippen LogP contribution < -0.4 is 15.6 Å². The first kappa shape index (κ1) is 19.6. The molecule has 0 radical (unpaired) electrons. The second kappa shape index (κ2) is 7.94. The van der Waals surface area contributed by atoms with E-state index in [2.05, 4.69) is 10.3 Å². The van der Waals surface area contributed by atoms with Gasteiger partial charge in [0, 0.05) is 12.1 Å². The molecule has 9 nitrogen and oxygen atoms in total. The highest BCUT2D eigenvalue weighted by molar-refractivity contribution is 5.81. The molecule has 1 heterocycles. The lowest BCUT2D eigenvalue weighted by Crippen LogP contribution is -2.35. The number of nitro groups is 1. The van der Waals surface area contributed by atoms with Gasteiger partial charge in [0.25, 0.3) is 11.2 Å². The molecule has 1 amide bonds. The van der Waals surface area contributed by atoms with Gasteiger partial charge in [-0.3, -0.25) is 24.3 Å². The van der Waals surface area contributed by atoms with Gasteiger partial charge in [-0.25, -0.2) is 4.98 Å². The van der Waals surface area contributed by atoms with Crippen LogP contribution in [0.4, 0.5) is 5.69 Å². The Morgan fingerprint density at radius 3 is 2.67 bits per heavy atom. The van der Waals surface area contributed by atoms with Crippen LogP contribution in [-0.4, -0.2) is 27.5 Å². The summed E-state index contributed by atoms with van der Waals surface area (Å²) < 4.78 is 6.35. The van der Waals surface area contributed by atoms with E-state index in [1.807, 2.05) is 24.3 Å². The van der Waals surface area contributed by atoms with Crippen LogP contribution in [0, 0.1) is 16.0 Å². The van der Waals surface area contributed by atoms with Gasteiger partial charge in [0.2, 0.25) is 5.91 Å². The number of aromatic nitrogens is 2. The van der Waals surface area contributed by atoms with Crippen molar-refractivity contribution < 1.29 is 14.5 Å². The first-order valence-corrected chi connectivity index (χ1v) is 9.53. The predicted octanol–water partition coefficient (Wildman–Crippen LogP) is 2.58. The molecule has 1 aliphatic carbocycles. The number of amides is 1. The Labute approximate surface area is 171 Å². The number of nitrogens with zero attached hydrogens (tertiary/aromatic N) is 3. The molecule has 1 N–H and O–H groups in total. The first-order valence-electron chi connectivity index (χ1n) is 9.53. The number of non-ortho nitro benzene ring substituents is 1. The van der Waals surface area contributed by atoms with Crippen molar-refractivity contribution in [1.82, 2.24) is 14.9 Å². The van der Waals surface area contributed by atoms with Crippen molar-refractivity contribution in [2.75, 3.05) is 7.11 Å². The molecule has 3 aromatic rings. The van der Waals surface area contributed by atoms with Crippen molar-refractivity contribution in [3.8, 4) is 5.75 Å². The number of fused-ring (bicyclic) bond motifs is 1. The Morgan fingerprint density at radius 1 is 1.30 bits per heavy atom. The van der Waals surface area contributed by atoms with Gasteiger partial charge < -0.3 is 10.1 Å². The monoisotopic (exact) mass is 408 g/mol. The molecular formula is C21H20N4O5. The third-order valence-electron chi connectivity index (χ3n) is 5.22. The summed E-state index contributed by atoms with van der Waals surface area (Å²) in [7, 11) is 1.60. The molecule has 2 aromatic carbocycles. The lowest BCUT2D eigenvalue weighted by Gasteiger charge is -2.19. The van der Waals surface area contributed by atoms with Crippen molar-refractivity contribution in [2.24, 2.45) is 5.92 Å². The van der Waals surface area contributed by atoms with Crippen molar-refractivity contribution in [3.05, 3.63) is 74.8 Å². The van der Waals surface area contributed by atoms with E-state index in [0.717, 1.165) is 24.2 Å². The van der Waals surface area contributed by atoms with Crippen LogP contribution in [0.15, 0.2) is 53.6 Å². The van der Waals surface area contributed by atoms with E-state index >= 15 is 0 Å². The van der Waals surface area contributed by atoms with Crippen molar-refractivity contribution in [2.45, 2.75) is 25.4 Å². The van der Waals surface area contributed by atoms with Crippen LogP contribution in [-0.2, 0) is 11.3 Å². The van der Waals surface area contributed by atoms with Crippen LogP contribution in [0.5, 0.6) is 5.75 Å². The van der Waals surface area contributed by atoms with E-state index in [1.165, 1.54) is 29.1 Å². The summed E-state index contributed by atoms with van der Waals surface area (Å²) in [6.07, 6.45) is 3.34. The zero-order chi connectivity index (χ0) is 21.3. The maximum Gasteiger partial charge on any atom is 0.270 e. The second-order valence-electron chi connectivity index (χ2n) is 7.29. The van der Waals surface area contributed by atoms with Crippen LogP contribution >= 0.6 is 0 Å². The van der Waals surface area contributed by atoms with Crippen LogP contribution in [0.1, 0.15) is 24.4 Å². The molecule has 1 fully saturated rings. The summed E-state index contributed by atoms with van der Waals surface area (Å²) in [5.74, 6) is 0.773. The average Bonchev–Trinajstić information content (AvgIpc) is 3.59. The fourth-order valence-electron chi connectivity index (χ4n) is 3.46. The molecule has 0 spiro atoms. The van der Waals surface area contributed by atoms with Crippen LogP contribution in [0.25, 0.3) is 10.9 Å². The number of rotatable bonds is 7. The maximum atomic E-state index is 12.7. The molecular weight excluding hydrogens is 388 g/mol. The van der Waals surface area contributed by atoms with Crippen molar-refractivity contribution in [1.29, 1.82) is 0 Å². The average molecular weight is 408 g/mol.